The van der Waals surface area contributed by atoms with Gasteiger partial charge in [-0.2, -0.15) is 0 Å². The highest BCUT2D eigenvalue weighted by Gasteiger charge is 2.78. The van der Waals surface area contributed by atoms with E-state index in [4.69, 9.17) is 28.4 Å². The van der Waals surface area contributed by atoms with Gasteiger partial charge < -0.3 is 49.3 Å². The first kappa shape index (κ1) is 46.7. The minimum absolute atomic E-state index is 0.0517. The van der Waals surface area contributed by atoms with Crippen LogP contribution in [0.1, 0.15) is 103 Å². The van der Waals surface area contributed by atoms with Gasteiger partial charge in [0.1, 0.15) is 29.5 Å². The standard InChI is InChI=1S/C45H58N2O14S/c1-11-46-39(53)58-33-31-23(2)27(57-37(51)24(3)32(28-18-15-19-62-28)47-40(54)61-41(5,6)7)21-45(55,42(31,8)9)36(59-38(52)26-16-13-12-14-17-26)34-43(10,35(33)50)29(49)20-30-44(34,22-56-30)60-25(4)48/h12-19,24,27,29-30,32-34,36,49,55H,11,20-22H2,1-10H3,(H,46,53)(H,47,54)/t24-,27+,29+,30-,32-,33-,34?,36+,43-,44+,45-/m1/s1. The molecule has 17 heteroatoms. The minimum Gasteiger partial charge on any atom is -0.457 e. The quantitative estimate of drug-likeness (QED) is 0.134. The average Bonchev–Trinajstić information content (AvgIpc) is 3.72. The SMILES string of the molecule is CCNC(=O)O[C@H]1C(=O)[C@@]2(C)C([C@H](OC(=O)c3ccccc3)[C@]3(O)C[C@H](OC(=O)[C@H](C)[C@@H](NC(=O)OC(C)(C)C)c4cccs4)C(C)=C1C3(C)C)[C@]1(OC(C)=O)CO[C@@H]1C[C@@H]2O. The third-order valence-electron chi connectivity index (χ3n) is 13.1. The molecular weight excluding hydrogens is 825 g/mol. The molecule has 2 heterocycles. The van der Waals surface area contributed by atoms with Crippen LogP contribution in [0.2, 0.25) is 0 Å². The van der Waals surface area contributed by atoms with Crippen molar-refractivity contribution < 1.29 is 67.4 Å². The van der Waals surface area contributed by atoms with Crippen molar-refractivity contribution in [2.45, 2.75) is 135 Å². The zero-order chi connectivity index (χ0) is 45.7. The number of amides is 2. The Hall–Kier alpha value is -4.84. The van der Waals surface area contributed by atoms with Crippen molar-refractivity contribution in [2.75, 3.05) is 13.2 Å². The second-order valence-corrected chi connectivity index (χ2v) is 19.4. The van der Waals surface area contributed by atoms with Gasteiger partial charge in [0.2, 0.25) is 0 Å². The van der Waals surface area contributed by atoms with E-state index >= 15 is 4.79 Å². The molecule has 3 aliphatic carbocycles. The Kier molecular flexibility index (Phi) is 12.8. The predicted octanol–water partition coefficient (Wildman–Crippen LogP) is 5.35. The molecule has 62 heavy (non-hydrogen) atoms. The largest absolute Gasteiger partial charge is 0.457 e. The van der Waals surface area contributed by atoms with E-state index in [1.807, 2.05) is 0 Å². The first-order valence-electron chi connectivity index (χ1n) is 20.8. The van der Waals surface area contributed by atoms with Crippen LogP contribution in [-0.4, -0.2) is 107 Å². The number of ketones is 1. The zero-order valence-electron chi connectivity index (χ0n) is 36.8. The highest BCUT2D eigenvalue weighted by molar-refractivity contribution is 7.10. The van der Waals surface area contributed by atoms with Crippen molar-refractivity contribution in [1.29, 1.82) is 0 Å². The number of Topliss-reactive ketones (excluding diaryl/α,β-unsaturated/α-hetero) is 1. The number of aliphatic hydroxyl groups excluding tert-OH is 1. The fourth-order valence-electron chi connectivity index (χ4n) is 9.87. The van der Waals surface area contributed by atoms with Gasteiger partial charge in [-0.3, -0.25) is 14.4 Å². The number of fused-ring (bicyclic) bond motifs is 5. The average molecular weight is 883 g/mol. The molecule has 338 valence electrons. The van der Waals surface area contributed by atoms with Gasteiger partial charge in [-0.25, -0.2) is 14.4 Å². The summed E-state index contributed by atoms with van der Waals surface area (Å²) in [6.45, 7) is 15.6. The van der Waals surface area contributed by atoms with Crippen LogP contribution in [0.3, 0.4) is 0 Å². The Balaban J connectivity index is 1.55. The van der Waals surface area contributed by atoms with Crippen LogP contribution in [0.15, 0.2) is 59.0 Å². The molecule has 4 N–H and O–H groups in total. The highest BCUT2D eigenvalue weighted by atomic mass is 32.1. The lowest BCUT2D eigenvalue weighted by Crippen LogP contribution is -2.82. The molecule has 6 rings (SSSR count). The summed E-state index contributed by atoms with van der Waals surface area (Å²) in [6.07, 6.45) is -9.90. The number of benzene rings is 1. The van der Waals surface area contributed by atoms with Crippen LogP contribution in [0.5, 0.6) is 0 Å². The van der Waals surface area contributed by atoms with Gasteiger partial charge in [-0.05, 0) is 83.2 Å². The molecule has 2 bridgehead atoms. The number of nitrogens with one attached hydrogen (secondary N) is 2. The summed E-state index contributed by atoms with van der Waals surface area (Å²) in [5, 5.41) is 33.0. The van der Waals surface area contributed by atoms with Gasteiger partial charge >= 0.3 is 30.1 Å². The van der Waals surface area contributed by atoms with Crippen molar-refractivity contribution in [2.24, 2.45) is 22.7 Å². The van der Waals surface area contributed by atoms with Crippen LogP contribution >= 0.6 is 11.3 Å². The Labute approximate surface area is 365 Å². The highest BCUT2D eigenvalue weighted by Crippen LogP contribution is 2.64. The topological polar surface area (TPSA) is 222 Å². The first-order valence-corrected chi connectivity index (χ1v) is 21.7. The molecule has 4 aliphatic rings. The summed E-state index contributed by atoms with van der Waals surface area (Å²) in [7, 11) is 0. The lowest BCUT2D eigenvalue weighted by atomic mass is 9.44. The Morgan fingerprint density at radius 2 is 1.68 bits per heavy atom. The number of aliphatic hydroxyl groups is 2. The summed E-state index contributed by atoms with van der Waals surface area (Å²) in [6, 6.07) is 10.5. The van der Waals surface area contributed by atoms with Crippen LogP contribution < -0.4 is 10.6 Å². The fourth-order valence-corrected chi connectivity index (χ4v) is 10.8. The number of alkyl carbamates (subject to hydrolysis) is 2. The van der Waals surface area contributed by atoms with Gasteiger partial charge in [0, 0.05) is 36.6 Å². The smallest absolute Gasteiger partial charge is 0.408 e. The number of thiophene rings is 1. The van der Waals surface area contributed by atoms with E-state index in [0.29, 0.717) is 4.88 Å². The molecule has 2 saturated carbocycles. The van der Waals surface area contributed by atoms with Crippen LogP contribution in [0.25, 0.3) is 0 Å². The summed E-state index contributed by atoms with van der Waals surface area (Å²) in [4.78, 5) is 84.6. The lowest BCUT2D eigenvalue weighted by Gasteiger charge is -2.67. The molecule has 1 saturated heterocycles. The van der Waals surface area contributed by atoms with Gasteiger partial charge in [0.15, 0.2) is 17.5 Å². The van der Waals surface area contributed by atoms with Crippen molar-refractivity contribution in [3.8, 4) is 0 Å². The molecule has 1 aliphatic heterocycles. The first-order chi connectivity index (χ1) is 28.9. The van der Waals surface area contributed by atoms with Gasteiger partial charge in [0.25, 0.3) is 0 Å². The second kappa shape index (κ2) is 17.0. The minimum atomic E-state index is -2.33. The van der Waals surface area contributed by atoms with Crippen molar-refractivity contribution >= 4 is 47.2 Å². The second-order valence-electron chi connectivity index (χ2n) is 18.4. The molecule has 16 nitrogen and oxygen atoms in total. The van der Waals surface area contributed by atoms with E-state index in [0.717, 1.165) is 0 Å². The molecule has 0 radical (unpaired) electrons. The summed E-state index contributed by atoms with van der Waals surface area (Å²) >= 11 is 1.30. The van der Waals surface area contributed by atoms with Crippen LogP contribution in [0, 0.1) is 22.7 Å². The van der Waals surface area contributed by atoms with E-state index in [-0.39, 0.29) is 36.3 Å². The summed E-state index contributed by atoms with van der Waals surface area (Å²) in [5.41, 5.74) is -8.19. The predicted molar refractivity (Wildman–Crippen MR) is 223 cm³/mol. The molecular formula is C45H58N2O14S. The molecule has 1 aromatic carbocycles. The van der Waals surface area contributed by atoms with Crippen LogP contribution in [-0.2, 0) is 42.8 Å². The molecule has 2 amide bonds. The molecule has 2 aromatic rings. The Morgan fingerprint density at radius 1 is 1.00 bits per heavy atom. The van der Waals surface area contributed by atoms with Gasteiger partial charge in [-0.15, -0.1) is 11.3 Å². The van der Waals surface area contributed by atoms with Gasteiger partial charge in [-0.1, -0.05) is 38.1 Å². The number of hydrogen-bond donors (Lipinski definition) is 4. The monoisotopic (exact) mass is 882 g/mol. The molecule has 1 aromatic heterocycles. The summed E-state index contributed by atoms with van der Waals surface area (Å²) < 4.78 is 36.3. The van der Waals surface area contributed by atoms with E-state index in [1.54, 1.807) is 91.1 Å². The zero-order valence-corrected chi connectivity index (χ0v) is 37.6. The van der Waals surface area contributed by atoms with Gasteiger partial charge in [0.05, 0.1) is 41.6 Å². The molecule has 3 fully saturated rings. The maximum Gasteiger partial charge on any atom is 0.408 e. The van der Waals surface area contributed by atoms with E-state index in [1.165, 1.54) is 37.3 Å². The number of ether oxygens (including phenoxy) is 6. The fraction of sp³-hybridized carbons (Fsp3) is 0.600. The number of carbonyl (C=O) groups excluding carboxylic acids is 6. The van der Waals surface area contributed by atoms with E-state index in [9.17, 15) is 34.2 Å². The van der Waals surface area contributed by atoms with Crippen molar-refractivity contribution in [3.63, 3.8) is 0 Å². The number of hydrogen-bond acceptors (Lipinski definition) is 15. The van der Waals surface area contributed by atoms with Crippen molar-refractivity contribution in [3.05, 3.63) is 69.4 Å². The maximum atomic E-state index is 15.6. The Bertz CT molecular complexity index is 2100. The molecule has 11 atom stereocenters. The van der Waals surface area contributed by atoms with E-state index < -0.39 is 118 Å². The van der Waals surface area contributed by atoms with Crippen molar-refractivity contribution in [1.82, 2.24) is 10.6 Å². The molecule has 1 unspecified atom stereocenters. The third kappa shape index (κ3) is 8.12. The number of carbonyl (C=O) groups is 6. The Morgan fingerprint density at radius 3 is 2.24 bits per heavy atom. The maximum absolute atomic E-state index is 15.6. The number of esters is 3. The van der Waals surface area contributed by atoms with E-state index in [2.05, 4.69) is 10.6 Å². The summed E-state index contributed by atoms with van der Waals surface area (Å²) in [5.74, 6) is -5.88. The normalized spacial score (nSPS) is 32.2. The third-order valence-corrected chi connectivity index (χ3v) is 14.1. The number of rotatable bonds is 10. The van der Waals surface area contributed by atoms with Crippen LogP contribution in [0.4, 0.5) is 9.59 Å². The molecule has 0 spiro atoms. The lowest BCUT2D eigenvalue weighted by molar-refractivity contribution is -0.345.